The molecule has 218 valence electrons. The van der Waals surface area contributed by atoms with E-state index < -0.39 is 15.7 Å². The van der Waals surface area contributed by atoms with Gasteiger partial charge in [0.15, 0.2) is 0 Å². The topological polar surface area (TPSA) is 133 Å². The van der Waals surface area contributed by atoms with Crippen LogP contribution in [0.25, 0.3) is 55.6 Å². The van der Waals surface area contributed by atoms with Gasteiger partial charge in [0, 0.05) is 40.2 Å². The van der Waals surface area contributed by atoms with Crippen molar-refractivity contribution in [3.8, 4) is 33.8 Å². The minimum Gasteiger partial charge on any atom is -0.353 e. The molecule has 0 saturated heterocycles. The van der Waals surface area contributed by atoms with Crippen molar-refractivity contribution < 1.29 is 17.6 Å². The minimum absolute atomic E-state index is 0.0512. The number of sulfone groups is 1. The zero-order valence-electron chi connectivity index (χ0n) is 23.8. The second-order valence-corrected chi connectivity index (χ2v) is 13.2. The number of benzene rings is 2. The lowest BCUT2D eigenvalue weighted by Crippen LogP contribution is -2.17. The Morgan fingerprint density at radius 2 is 1.81 bits per heavy atom. The fraction of sp³-hybridized carbons (Fsp3) is 0.188. The van der Waals surface area contributed by atoms with Crippen LogP contribution in [0.4, 0.5) is 10.1 Å². The molecule has 6 rings (SSSR count). The number of aromatic nitrogens is 5. The van der Waals surface area contributed by atoms with Crippen molar-refractivity contribution in [1.29, 1.82) is 0 Å². The third-order valence-electron chi connectivity index (χ3n) is 7.22. The van der Waals surface area contributed by atoms with Crippen molar-refractivity contribution >= 4 is 43.2 Å². The molecule has 1 amide bonds. The summed E-state index contributed by atoms with van der Waals surface area (Å²) in [6.45, 7) is 3.65. The predicted octanol–water partition coefficient (Wildman–Crippen LogP) is 6.16. The highest BCUT2D eigenvalue weighted by molar-refractivity contribution is 7.90. The number of carbonyl (C=O) groups is 1. The summed E-state index contributed by atoms with van der Waals surface area (Å²) in [6.07, 6.45) is 6.40. The Morgan fingerprint density at radius 1 is 0.977 bits per heavy atom. The smallest absolute Gasteiger partial charge is 0.226 e. The number of H-pyrrole nitrogens is 2. The van der Waals surface area contributed by atoms with Gasteiger partial charge >= 0.3 is 0 Å². The van der Waals surface area contributed by atoms with Gasteiger partial charge in [-0.2, -0.15) is 5.10 Å². The summed E-state index contributed by atoms with van der Waals surface area (Å²) in [5, 5.41) is 12.2. The molecular weight excluding hydrogens is 567 g/mol. The van der Waals surface area contributed by atoms with E-state index in [1.54, 1.807) is 18.6 Å². The maximum atomic E-state index is 14.6. The van der Waals surface area contributed by atoms with E-state index >= 15 is 0 Å². The molecule has 2 aromatic carbocycles. The van der Waals surface area contributed by atoms with Crippen molar-refractivity contribution in [2.75, 3.05) is 17.3 Å². The van der Waals surface area contributed by atoms with E-state index in [1.165, 1.54) is 18.4 Å². The Labute approximate surface area is 247 Å². The lowest BCUT2D eigenvalue weighted by molar-refractivity contribution is -0.118. The number of rotatable bonds is 8. The fourth-order valence-corrected chi connectivity index (χ4v) is 5.61. The number of fused-ring (bicyclic) bond motifs is 2. The summed E-state index contributed by atoms with van der Waals surface area (Å²) in [6, 6.07) is 16.2. The standard InChI is InChI=1S/C32H29FN6O3S/c1-18(2)32(40)36-23-12-21(15-34-16-23)28-14-26-30(17-35-28)38-39-31(26)29-13-25-24(5-4-6-27(25)37-29)20-9-19(10-22(33)11-20)7-8-43(3,41)42/h4-6,9-18,37H,7-8H2,1-3H3,(H,36,40)(H,38,39). The maximum Gasteiger partial charge on any atom is 0.226 e. The number of pyridine rings is 2. The summed E-state index contributed by atoms with van der Waals surface area (Å²) in [5.74, 6) is -0.730. The van der Waals surface area contributed by atoms with Gasteiger partial charge in [0.05, 0.1) is 40.7 Å². The number of aryl methyl sites for hydroxylation is 1. The molecule has 0 unspecified atom stereocenters. The fourth-order valence-electron chi connectivity index (χ4n) is 5.00. The molecule has 43 heavy (non-hydrogen) atoms. The molecule has 0 aliphatic rings. The summed E-state index contributed by atoms with van der Waals surface area (Å²) in [5.41, 5.74) is 7.13. The highest BCUT2D eigenvalue weighted by Gasteiger charge is 2.16. The number of hydrogen-bond acceptors (Lipinski definition) is 6. The van der Waals surface area contributed by atoms with Gasteiger partial charge in [-0.05, 0) is 59.5 Å². The number of nitrogens with one attached hydrogen (secondary N) is 3. The minimum atomic E-state index is -3.18. The molecule has 11 heteroatoms. The first kappa shape index (κ1) is 28.2. The van der Waals surface area contributed by atoms with Crippen molar-refractivity contribution in [2.24, 2.45) is 5.92 Å². The molecule has 0 spiro atoms. The summed E-state index contributed by atoms with van der Waals surface area (Å²) in [7, 11) is -3.18. The average Bonchev–Trinajstić information content (AvgIpc) is 3.59. The summed E-state index contributed by atoms with van der Waals surface area (Å²) >= 11 is 0. The molecule has 0 fully saturated rings. The molecule has 6 aromatic rings. The monoisotopic (exact) mass is 596 g/mol. The third kappa shape index (κ3) is 6.02. The van der Waals surface area contributed by atoms with Crippen molar-refractivity contribution in [1.82, 2.24) is 25.1 Å². The quantitative estimate of drug-likeness (QED) is 0.193. The highest BCUT2D eigenvalue weighted by Crippen LogP contribution is 2.35. The lowest BCUT2D eigenvalue weighted by Gasteiger charge is -2.08. The van der Waals surface area contributed by atoms with E-state index in [-0.39, 0.29) is 24.0 Å². The van der Waals surface area contributed by atoms with E-state index in [1.807, 2.05) is 56.3 Å². The Morgan fingerprint density at radius 3 is 2.60 bits per heavy atom. The van der Waals surface area contributed by atoms with Crippen LogP contribution in [0.1, 0.15) is 19.4 Å². The van der Waals surface area contributed by atoms with Crippen LogP contribution in [0.2, 0.25) is 0 Å². The van der Waals surface area contributed by atoms with Gasteiger partial charge < -0.3 is 10.3 Å². The zero-order chi connectivity index (χ0) is 30.3. The summed E-state index contributed by atoms with van der Waals surface area (Å²) in [4.78, 5) is 24.5. The van der Waals surface area contributed by atoms with Crippen LogP contribution in [0.3, 0.4) is 0 Å². The van der Waals surface area contributed by atoms with E-state index in [0.29, 0.717) is 28.2 Å². The van der Waals surface area contributed by atoms with Gasteiger partial charge in [-0.25, -0.2) is 12.8 Å². The SMILES string of the molecule is CC(C)C(=O)Nc1cncc(-c2cc3c(-c4cc5c(-c6cc(F)cc(CCS(C)(=O)=O)c6)cccc5[nH]4)n[nH]c3cn2)c1. The second-order valence-electron chi connectivity index (χ2n) is 11.0. The van der Waals surface area contributed by atoms with Crippen LogP contribution in [0, 0.1) is 11.7 Å². The molecule has 0 aliphatic carbocycles. The molecule has 0 aliphatic heterocycles. The van der Waals surface area contributed by atoms with Crippen LogP contribution in [0.5, 0.6) is 0 Å². The van der Waals surface area contributed by atoms with Crippen LogP contribution in [-0.4, -0.2) is 51.5 Å². The van der Waals surface area contributed by atoms with E-state index in [2.05, 4.69) is 30.5 Å². The Hall–Kier alpha value is -4.90. The number of hydrogen-bond donors (Lipinski definition) is 3. The van der Waals surface area contributed by atoms with Gasteiger partial charge in [0.1, 0.15) is 21.3 Å². The van der Waals surface area contributed by atoms with E-state index in [4.69, 9.17) is 0 Å². The van der Waals surface area contributed by atoms with Crippen LogP contribution in [0.15, 0.2) is 73.2 Å². The third-order valence-corrected chi connectivity index (χ3v) is 8.17. The number of halogens is 1. The predicted molar refractivity (Wildman–Crippen MR) is 167 cm³/mol. The molecule has 9 nitrogen and oxygen atoms in total. The first-order chi connectivity index (χ1) is 20.5. The van der Waals surface area contributed by atoms with Gasteiger partial charge in [-0.15, -0.1) is 0 Å². The highest BCUT2D eigenvalue weighted by atomic mass is 32.2. The molecule has 0 radical (unpaired) electrons. The number of aromatic amines is 2. The lowest BCUT2D eigenvalue weighted by atomic mass is 9.98. The van der Waals surface area contributed by atoms with Crippen LogP contribution >= 0.6 is 0 Å². The van der Waals surface area contributed by atoms with Crippen molar-refractivity contribution in [3.63, 3.8) is 0 Å². The average molecular weight is 597 g/mol. The molecule has 0 bridgehead atoms. The first-order valence-electron chi connectivity index (χ1n) is 13.7. The number of amides is 1. The Kier molecular flexibility index (Phi) is 7.26. The Bertz CT molecular complexity index is 2120. The first-order valence-corrected chi connectivity index (χ1v) is 15.8. The van der Waals surface area contributed by atoms with Gasteiger partial charge in [-0.1, -0.05) is 32.0 Å². The summed E-state index contributed by atoms with van der Waals surface area (Å²) < 4.78 is 38.0. The molecule has 4 heterocycles. The molecular formula is C32H29FN6O3S. The largest absolute Gasteiger partial charge is 0.353 e. The van der Waals surface area contributed by atoms with Crippen molar-refractivity contribution in [2.45, 2.75) is 20.3 Å². The Balaban J connectivity index is 1.38. The second kappa shape index (κ2) is 11.1. The molecule has 0 atom stereocenters. The van der Waals surface area contributed by atoms with Gasteiger partial charge in [0.2, 0.25) is 5.91 Å². The van der Waals surface area contributed by atoms with Gasteiger partial charge in [-0.3, -0.25) is 19.9 Å². The normalized spacial score (nSPS) is 11.9. The maximum absolute atomic E-state index is 14.6. The van der Waals surface area contributed by atoms with Crippen LogP contribution in [-0.2, 0) is 21.1 Å². The van der Waals surface area contributed by atoms with Crippen LogP contribution < -0.4 is 5.32 Å². The van der Waals surface area contributed by atoms with Crippen molar-refractivity contribution in [3.05, 3.63) is 84.6 Å². The number of anilines is 1. The van der Waals surface area contributed by atoms with E-state index in [0.717, 1.165) is 38.6 Å². The zero-order valence-corrected chi connectivity index (χ0v) is 24.6. The number of nitrogens with zero attached hydrogens (tertiary/aromatic N) is 3. The molecule has 4 aromatic heterocycles. The molecule has 0 saturated carbocycles. The van der Waals surface area contributed by atoms with E-state index in [9.17, 15) is 17.6 Å². The van der Waals surface area contributed by atoms with Gasteiger partial charge in [0.25, 0.3) is 0 Å². The number of carbonyl (C=O) groups excluding carboxylic acids is 1. The molecule has 3 N–H and O–H groups in total.